The summed E-state index contributed by atoms with van der Waals surface area (Å²) >= 11 is 1.71. The molecular formula is C53H16OS. The third kappa shape index (κ3) is 50.9. The van der Waals surface area contributed by atoms with Gasteiger partial charge in [0.25, 0.3) is 0 Å². The Bertz CT molecular complexity index is 2830. The van der Waals surface area contributed by atoms with Crippen LogP contribution < -0.4 is 0 Å². The number of carbonyl (C=O) groups is 1. The van der Waals surface area contributed by atoms with Gasteiger partial charge < -0.3 is 0 Å². The molecular weight excluding hydrogens is 685 g/mol. The smallest absolute Gasteiger partial charge is 0.130 e. The molecule has 0 aliphatic heterocycles. The Kier molecular flexibility index (Phi) is 39.3. The molecule has 0 N–H and O–H groups in total. The molecule has 0 aromatic heterocycles. The average Bonchev–Trinajstić information content (AvgIpc) is 3.19. The maximum absolute atomic E-state index is 10.2. The Balaban J connectivity index is 0. The van der Waals surface area contributed by atoms with Crippen LogP contribution >= 0.6 is 11.8 Å². The Hall–Kier alpha value is -10.1. The molecule has 0 bridgehead atoms. The molecule has 0 amide bonds. The molecule has 0 aliphatic carbocycles. The predicted octanol–water partition coefficient (Wildman–Crippen LogP) is 2.43. The van der Waals surface area contributed by atoms with Crippen LogP contribution in [-0.2, 0) is 4.79 Å². The van der Waals surface area contributed by atoms with Crippen molar-refractivity contribution < 1.29 is 4.79 Å². The van der Waals surface area contributed by atoms with Crippen molar-refractivity contribution in [1.82, 2.24) is 0 Å². The predicted molar refractivity (Wildman–Crippen MR) is 224 cm³/mol. The summed E-state index contributed by atoms with van der Waals surface area (Å²) in [5.74, 6) is 117. The van der Waals surface area contributed by atoms with E-state index in [0.717, 1.165) is 12.2 Å². The molecule has 55 heavy (non-hydrogen) atoms. The highest BCUT2D eigenvalue weighted by molar-refractivity contribution is 7.98. The first-order chi connectivity index (χ1) is 27.2. The third-order valence-corrected chi connectivity index (χ3v) is 4.21. The highest BCUT2D eigenvalue weighted by atomic mass is 32.2. The average molecular weight is 701 g/mol. The first kappa shape index (κ1) is 47.0. The number of hydrogen-bond donors (Lipinski definition) is 0. The summed E-state index contributed by atoms with van der Waals surface area (Å²) in [6, 6.07) is 0. The van der Waals surface area contributed by atoms with Crippen molar-refractivity contribution in [3.05, 3.63) is 0 Å². The molecule has 0 heterocycles. The van der Waals surface area contributed by atoms with Gasteiger partial charge in [0, 0.05) is 172 Å². The lowest BCUT2D eigenvalue weighted by Gasteiger charge is -1.86. The van der Waals surface area contributed by atoms with E-state index >= 15 is 0 Å². The summed E-state index contributed by atoms with van der Waals surface area (Å²) in [4.78, 5) is 10.2. The zero-order chi connectivity index (χ0) is 40.2. The lowest BCUT2D eigenvalue weighted by atomic mass is 10.4. The molecule has 0 atom stereocenters. The van der Waals surface area contributed by atoms with Gasteiger partial charge in [-0.05, 0) is 128 Å². The van der Waals surface area contributed by atoms with Crippen LogP contribution in [-0.4, -0.2) is 17.8 Å². The van der Waals surface area contributed by atoms with Gasteiger partial charge >= 0.3 is 0 Å². The fourth-order valence-corrected chi connectivity index (χ4v) is 2.17. The van der Waals surface area contributed by atoms with Crippen molar-refractivity contribution >= 4 is 17.5 Å². The molecule has 2 heteroatoms. The molecule has 0 saturated heterocycles. The second-order valence-electron chi connectivity index (χ2n) is 7.44. The second-order valence-corrected chi connectivity index (χ2v) is 8.43. The molecule has 0 fully saturated rings. The van der Waals surface area contributed by atoms with Crippen molar-refractivity contribution in [3.8, 4) is 272 Å². The molecule has 0 aromatic rings. The van der Waals surface area contributed by atoms with E-state index in [0.29, 0.717) is 0 Å². The zero-order valence-corrected chi connectivity index (χ0v) is 30.5. The number of hydrogen-bond acceptors (Lipinski definition) is 2. The summed E-state index contributed by atoms with van der Waals surface area (Å²) in [7, 11) is 0. The highest BCUT2D eigenvalue weighted by Gasteiger charge is 1.87. The van der Waals surface area contributed by atoms with Gasteiger partial charge in [0.2, 0.25) is 0 Å². The standard InChI is InChI=1S/C48H6.C5H10OS/c1-3-5-7-9-11-13-15-17-19-21-23-25-27-29-31-33-35-37-39-41-43-45-47-48-46-44-42-40-38-36-34-32-30-28-26-24-22-20-18-16-14-12-10-8-6-4-2;1-5(6)3-4-7-2/h1-2H3;3-4H2,1-2H3. The van der Waals surface area contributed by atoms with Gasteiger partial charge in [-0.15, -0.1) is 0 Å². The van der Waals surface area contributed by atoms with E-state index in [-0.39, 0.29) is 5.78 Å². The summed E-state index contributed by atoms with van der Waals surface area (Å²) in [5, 5.41) is 0. The van der Waals surface area contributed by atoms with E-state index in [1.54, 1.807) is 32.5 Å². The molecule has 0 unspecified atom stereocenters. The monoisotopic (exact) mass is 700 g/mol. The fraction of sp³-hybridized carbons (Fsp3) is 0.113. The Morgan fingerprint density at radius 2 is 0.418 bits per heavy atom. The molecule has 0 rings (SSSR count). The van der Waals surface area contributed by atoms with Gasteiger partial charge in [0.05, 0.1) is 0 Å². The molecule has 0 spiro atoms. The van der Waals surface area contributed by atoms with E-state index in [9.17, 15) is 4.79 Å². The topological polar surface area (TPSA) is 17.1 Å². The maximum atomic E-state index is 10.2. The number of Topliss-reactive ketones (excluding diaryl/α,β-unsaturated/α-hetero) is 1. The highest BCUT2D eigenvalue weighted by Crippen LogP contribution is 1.94. The van der Waals surface area contributed by atoms with Crippen molar-refractivity contribution in [2.75, 3.05) is 12.0 Å². The first-order valence-electron chi connectivity index (χ1n) is 14.5. The SMILES string of the molecule is CC#CC#CC#CC#CC#CC#CC#CC#CC#CC#CC#CC#CC#CC#CC#CC#CC#CC#CC#CC#CC#CC#CC#CC.CSCCC(C)=O. The molecule has 1 nitrogen and oxygen atoms in total. The molecule has 0 aliphatic rings. The fourth-order valence-electron chi connectivity index (χ4n) is 1.68. The summed E-state index contributed by atoms with van der Waals surface area (Å²) in [6.45, 7) is 5.00. The number of rotatable bonds is 3. The van der Waals surface area contributed by atoms with Crippen LogP contribution in [0.15, 0.2) is 0 Å². The van der Waals surface area contributed by atoms with Crippen LogP contribution in [0.25, 0.3) is 0 Å². The summed E-state index contributed by atoms with van der Waals surface area (Å²) < 4.78 is 0. The van der Waals surface area contributed by atoms with Gasteiger partial charge in [0.1, 0.15) is 5.78 Å². The van der Waals surface area contributed by atoms with Gasteiger partial charge in [-0.3, -0.25) is 4.79 Å². The van der Waals surface area contributed by atoms with E-state index in [2.05, 4.69) is 272 Å². The molecule has 240 valence electrons. The second kappa shape index (κ2) is 46.0. The summed E-state index contributed by atoms with van der Waals surface area (Å²) in [5.41, 5.74) is 0. The third-order valence-electron chi connectivity index (χ3n) is 3.60. The zero-order valence-electron chi connectivity index (χ0n) is 29.7. The van der Waals surface area contributed by atoms with Crippen molar-refractivity contribution in [1.29, 1.82) is 0 Å². The normalized spacial score (nSPS) is 4.58. The van der Waals surface area contributed by atoms with Crippen LogP contribution in [0.1, 0.15) is 27.2 Å². The lowest BCUT2D eigenvalue weighted by Crippen LogP contribution is -1.89. The number of thioether (sulfide) groups is 1. The number of carbonyl (C=O) groups excluding carboxylic acids is 1. The first-order valence-corrected chi connectivity index (χ1v) is 15.9. The van der Waals surface area contributed by atoms with Crippen LogP contribution in [0.3, 0.4) is 0 Å². The Morgan fingerprint density at radius 1 is 0.291 bits per heavy atom. The minimum atomic E-state index is 0.286. The van der Waals surface area contributed by atoms with Crippen molar-refractivity contribution in [2.24, 2.45) is 0 Å². The lowest BCUT2D eigenvalue weighted by molar-refractivity contribution is -0.116. The van der Waals surface area contributed by atoms with E-state index in [1.807, 2.05) is 6.26 Å². The Labute approximate surface area is 332 Å². The van der Waals surface area contributed by atoms with E-state index < -0.39 is 0 Å². The van der Waals surface area contributed by atoms with Gasteiger partial charge in [0.15, 0.2) is 0 Å². The van der Waals surface area contributed by atoms with E-state index in [4.69, 9.17) is 0 Å². The van der Waals surface area contributed by atoms with Crippen molar-refractivity contribution in [3.63, 3.8) is 0 Å². The Morgan fingerprint density at radius 3 is 0.491 bits per heavy atom. The van der Waals surface area contributed by atoms with Crippen LogP contribution in [0.5, 0.6) is 0 Å². The van der Waals surface area contributed by atoms with Gasteiger partial charge in [-0.1, -0.05) is 11.8 Å². The minimum Gasteiger partial charge on any atom is -0.300 e. The molecule has 0 aromatic carbocycles. The number of ketones is 1. The van der Waals surface area contributed by atoms with Gasteiger partial charge in [-0.25, -0.2) is 0 Å². The van der Waals surface area contributed by atoms with Crippen LogP contribution in [0.4, 0.5) is 0 Å². The van der Waals surface area contributed by atoms with Crippen LogP contribution in [0, 0.1) is 272 Å². The summed E-state index contributed by atoms with van der Waals surface area (Å²) in [6.07, 6.45) is 2.73. The van der Waals surface area contributed by atoms with Crippen molar-refractivity contribution in [2.45, 2.75) is 27.2 Å². The largest absolute Gasteiger partial charge is 0.300 e. The maximum Gasteiger partial charge on any atom is 0.130 e. The molecule has 0 saturated carbocycles. The van der Waals surface area contributed by atoms with Crippen LogP contribution in [0.2, 0.25) is 0 Å². The van der Waals surface area contributed by atoms with Gasteiger partial charge in [-0.2, -0.15) is 11.8 Å². The molecule has 0 radical (unpaired) electrons. The quantitative estimate of drug-likeness (QED) is 0.422. The van der Waals surface area contributed by atoms with E-state index in [1.165, 1.54) is 0 Å². The minimum absolute atomic E-state index is 0.286.